The third-order valence-corrected chi connectivity index (χ3v) is 7.70. The van der Waals surface area contributed by atoms with Crippen molar-refractivity contribution in [2.24, 2.45) is 0 Å². The van der Waals surface area contributed by atoms with E-state index in [1.54, 1.807) is 0 Å². The second-order valence-corrected chi connectivity index (χ2v) is 11.1. The predicted molar refractivity (Wildman–Crippen MR) is 158 cm³/mol. The summed E-state index contributed by atoms with van der Waals surface area (Å²) < 4.78 is 5.42. The van der Waals surface area contributed by atoms with Gasteiger partial charge in [0.15, 0.2) is 0 Å². The molecule has 6 nitrogen and oxygen atoms in total. The number of carbonyl (C=O) groups excluding carboxylic acids is 2. The number of rotatable bonds is 20. The highest BCUT2D eigenvalue weighted by molar-refractivity contribution is 5.95. The molecular formula is C32H55N3O3. The molecule has 0 unspecified atom stereocenters. The van der Waals surface area contributed by atoms with Crippen LogP contribution in [0.3, 0.4) is 0 Å². The quantitative estimate of drug-likeness (QED) is 0.177. The van der Waals surface area contributed by atoms with Crippen LogP contribution in [0.2, 0.25) is 0 Å². The van der Waals surface area contributed by atoms with E-state index in [-0.39, 0.29) is 12.5 Å². The fourth-order valence-electron chi connectivity index (χ4n) is 5.09. The number of unbranched alkanes of at least 4 members (excludes halogenated alkanes) is 15. The van der Waals surface area contributed by atoms with E-state index in [1.165, 1.54) is 89.9 Å². The lowest BCUT2D eigenvalue weighted by Crippen LogP contribution is -2.47. The number of ether oxygens (including phenoxy) is 1. The molecule has 2 rings (SSSR count). The Kier molecular flexibility index (Phi) is 17.6. The predicted octanol–water partition coefficient (Wildman–Crippen LogP) is 7.56. The minimum Gasteiger partial charge on any atom is -0.445 e. The SMILES string of the molecule is CCCCCCCCCCCCCCCCCCNC(=O)OCc1ccccc1C(=O)N1CCN(C)CC1. The van der Waals surface area contributed by atoms with Crippen LogP contribution in [0.25, 0.3) is 0 Å². The van der Waals surface area contributed by atoms with Gasteiger partial charge in [0.2, 0.25) is 0 Å². The Morgan fingerprint density at radius 3 is 1.79 bits per heavy atom. The molecule has 0 saturated carbocycles. The summed E-state index contributed by atoms with van der Waals surface area (Å²) in [6, 6.07) is 7.44. The Bertz CT molecular complexity index is 762. The standard InChI is InChI=1S/C32H55N3O3/c1-3-4-5-6-7-8-9-10-11-12-13-14-15-16-17-20-23-33-32(37)38-28-29-21-18-19-22-30(29)31(36)35-26-24-34(2)25-27-35/h18-19,21-22H,3-17,20,23-28H2,1-2H3,(H,33,37). The third-order valence-electron chi connectivity index (χ3n) is 7.70. The molecule has 1 aromatic carbocycles. The number of nitrogens with one attached hydrogen (secondary N) is 1. The number of nitrogens with zero attached hydrogens (tertiary/aromatic N) is 2. The molecule has 1 heterocycles. The van der Waals surface area contributed by atoms with E-state index in [0.29, 0.717) is 12.1 Å². The summed E-state index contributed by atoms with van der Waals surface area (Å²) in [7, 11) is 2.07. The zero-order valence-electron chi connectivity index (χ0n) is 24.5. The first-order valence-electron chi connectivity index (χ1n) is 15.6. The maximum Gasteiger partial charge on any atom is 0.407 e. The van der Waals surface area contributed by atoms with Crippen molar-refractivity contribution in [3.05, 3.63) is 35.4 Å². The Labute approximate surface area is 232 Å². The van der Waals surface area contributed by atoms with Gasteiger partial charge in [0.1, 0.15) is 6.61 Å². The minimum absolute atomic E-state index is 0.0193. The van der Waals surface area contributed by atoms with Gasteiger partial charge in [-0.1, -0.05) is 121 Å². The number of hydrogen-bond acceptors (Lipinski definition) is 4. The number of benzene rings is 1. The molecule has 1 saturated heterocycles. The number of likely N-dealkylation sites (N-methyl/N-ethyl adjacent to an activating group) is 1. The van der Waals surface area contributed by atoms with Crippen molar-refractivity contribution in [3.63, 3.8) is 0 Å². The molecule has 0 atom stereocenters. The lowest BCUT2D eigenvalue weighted by atomic mass is 10.0. The molecule has 2 amide bonds. The Balaban J connectivity index is 1.44. The largest absolute Gasteiger partial charge is 0.445 e. The zero-order chi connectivity index (χ0) is 27.3. The topological polar surface area (TPSA) is 61.9 Å². The van der Waals surface area contributed by atoms with Gasteiger partial charge >= 0.3 is 6.09 Å². The van der Waals surface area contributed by atoms with E-state index in [4.69, 9.17) is 4.74 Å². The average Bonchev–Trinajstić information content (AvgIpc) is 2.93. The van der Waals surface area contributed by atoms with Crippen molar-refractivity contribution in [3.8, 4) is 0 Å². The maximum atomic E-state index is 13.0. The number of hydrogen-bond donors (Lipinski definition) is 1. The third kappa shape index (κ3) is 14.2. The molecular weight excluding hydrogens is 474 g/mol. The fourth-order valence-corrected chi connectivity index (χ4v) is 5.09. The van der Waals surface area contributed by atoms with Gasteiger partial charge < -0.3 is 19.9 Å². The smallest absolute Gasteiger partial charge is 0.407 e. The van der Waals surface area contributed by atoms with Gasteiger partial charge in [0.05, 0.1) is 0 Å². The Hall–Kier alpha value is -2.08. The van der Waals surface area contributed by atoms with Crippen molar-refractivity contribution in [1.82, 2.24) is 15.1 Å². The van der Waals surface area contributed by atoms with Crippen LogP contribution in [0.15, 0.2) is 24.3 Å². The number of alkyl carbamates (subject to hydrolysis) is 1. The molecule has 38 heavy (non-hydrogen) atoms. The van der Waals surface area contributed by atoms with Crippen LogP contribution in [0.5, 0.6) is 0 Å². The van der Waals surface area contributed by atoms with Crippen LogP contribution in [0.1, 0.15) is 126 Å². The van der Waals surface area contributed by atoms with Gasteiger partial charge in [0, 0.05) is 43.9 Å². The van der Waals surface area contributed by atoms with Gasteiger partial charge in [-0.25, -0.2) is 4.79 Å². The van der Waals surface area contributed by atoms with E-state index < -0.39 is 6.09 Å². The number of piperazine rings is 1. The second-order valence-electron chi connectivity index (χ2n) is 11.1. The van der Waals surface area contributed by atoms with Crippen molar-refractivity contribution in [2.75, 3.05) is 39.8 Å². The Morgan fingerprint density at radius 1 is 0.737 bits per heavy atom. The summed E-state index contributed by atoms with van der Waals surface area (Å²) in [6.45, 7) is 6.24. The lowest BCUT2D eigenvalue weighted by Gasteiger charge is -2.32. The second kappa shape index (κ2) is 20.8. The summed E-state index contributed by atoms with van der Waals surface area (Å²) in [6.07, 6.45) is 21.0. The number of amides is 2. The van der Waals surface area contributed by atoms with Gasteiger partial charge in [0.25, 0.3) is 5.91 Å². The summed E-state index contributed by atoms with van der Waals surface area (Å²) in [5.41, 5.74) is 1.39. The monoisotopic (exact) mass is 529 g/mol. The zero-order valence-corrected chi connectivity index (χ0v) is 24.5. The fraction of sp³-hybridized carbons (Fsp3) is 0.750. The molecule has 0 bridgehead atoms. The van der Waals surface area contributed by atoms with Crippen LogP contribution in [0, 0.1) is 0 Å². The summed E-state index contributed by atoms with van der Waals surface area (Å²) in [4.78, 5) is 29.2. The summed E-state index contributed by atoms with van der Waals surface area (Å²) in [5, 5.41) is 2.86. The molecule has 1 aliphatic heterocycles. The molecule has 6 heteroatoms. The molecule has 0 aliphatic carbocycles. The van der Waals surface area contributed by atoms with Crippen LogP contribution < -0.4 is 5.32 Å². The highest BCUT2D eigenvalue weighted by atomic mass is 16.5. The number of carbonyl (C=O) groups is 2. The molecule has 0 spiro atoms. The van der Waals surface area contributed by atoms with E-state index in [0.717, 1.165) is 44.6 Å². The van der Waals surface area contributed by atoms with Crippen molar-refractivity contribution in [1.29, 1.82) is 0 Å². The molecule has 1 N–H and O–H groups in total. The van der Waals surface area contributed by atoms with Crippen LogP contribution in [-0.4, -0.2) is 61.6 Å². The molecule has 1 aromatic rings. The van der Waals surface area contributed by atoms with E-state index in [1.807, 2.05) is 29.2 Å². The summed E-state index contributed by atoms with van der Waals surface area (Å²) in [5.74, 6) is 0.0193. The van der Waals surface area contributed by atoms with Gasteiger partial charge in [-0.3, -0.25) is 4.79 Å². The molecule has 0 aromatic heterocycles. The first-order chi connectivity index (χ1) is 18.6. The van der Waals surface area contributed by atoms with Crippen LogP contribution in [-0.2, 0) is 11.3 Å². The molecule has 216 valence electrons. The Morgan fingerprint density at radius 2 is 1.24 bits per heavy atom. The van der Waals surface area contributed by atoms with Gasteiger partial charge in [-0.15, -0.1) is 0 Å². The normalized spacial score (nSPS) is 14.0. The van der Waals surface area contributed by atoms with E-state index in [2.05, 4.69) is 24.2 Å². The van der Waals surface area contributed by atoms with E-state index in [9.17, 15) is 9.59 Å². The average molecular weight is 530 g/mol. The van der Waals surface area contributed by atoms with E-state index >= 15 is 0 Å². The highest BCUT2D eigenvalue weighted by Crippen LogP contribution is 2.16. The maximum absolute atomic E-state index is 13.0. The van der Waals surface area contributed by atoms with Crippen molar-refractivity contribution >= 4 is 12.0 Å². The van der Waals surface area contributed by atoms with Gasteiger partial charge in [-0.05, 0) is 19.5 Å². The van der Waals surface area contributed by atoms with Crippen molar-refractivity contribution in [2.45, 2.75) is 116 Å². The molecule has 0 radical (unpaired) electrons. The first kappa shape index (κ1) is 32.1. The summed E-state index contributed by atoms with van der Waals surface area (Å²) >= 11 is 0. The molecule has 1 fully saturated rings. The molecule has 1 aliphatic rings. The lowest BCUT2D eigenvalue weighted by molar-refractivity contribution is 0.0659. The first-order valence-corrected chi connectivity index (χ1v) is 15.6. The minimum atomic E-state index is -0.409. The van der Waals surface area contributed by atoms with Gasteiger partial charge in [-0.2, -0.15) is 0 Å². The van der Waals surface area contributed by atoms with Crippen LogP contribution >= 0.6 is 0 Å². The highest BCUT2D eigenvalue weighted by Gasteiger charge is 2.22. The van der Waals surface area contributed by atoms with Crippen molar-refractivity contribution < 1.29 is 14.3 Å². The van der Waals surface area contributed by atoms with Crippen LogP contribution in [0.4, 0.5) is 4.79 Å².